The number of fused-ring (bicyclic) bond motifs is 1. The van der Waals surface area contributed by atoms with Gasteiger partial charge in [0.2, 0.25) is 0 Å². The second-order valence-electron chi connectivity index (χ2n) is 5.80. The third kappa shape index (κ3) is 2.52. The van der Waals surface area contributed by atoms with E-state index < -0.39 is 0 Å². The van der Waals surface area contributed by atoms with Gasteiger partial charge in [-0.2, -0.15) is 0 Å². The fourth-order valence-electron chi connectivity index (χ4n) is 3.27. The molecule has 2 N–H and O–H groups in total. The lowest BCUT2D eigenvalue weighted by atomic mass is 9.87. The highest BCUT2D eigenvalue weighted by Crippen LogP contribution is 2.30. The normalized spacial score (nSPS) is 28.3. The molecule has 1 aromatic rings. The molecular formula is C15H21NO2. The second-order valence-corrected chi connectivity index (χ2v) is 5.80. The molecule has 1 aliphatic carbocycles. The van der Waals surface area contributed by atoms with E-state index in [9.17, 15) is 10.2 Å². The molecule has 0 spiro atoms. The highest BCUT2D eigenvalue weighted by atomic mass is 16.3. The molecule has 3 nitrogen and oxygen atoms in total. The van der Waals surface area contributed by atoms with E-state index in [-0.39, 0.29) is 6.10 Å². The Balaban J connectivity index is 1.58. The Morgan fingerprint density at radius 1 is 1.06 bits per heavy atom. The van der Waals surface area contributed by atoms with Gasteiger partial charge in [0.15, 0.2) is 0 Å². The van der Waals surface area contributed by atoms with Crippen LogP contribution in [0.15, 0.2) is 18.2 Å². The molecule has 2 aliphatic rings. The van der Waals surface area contributed by atoms with Gasteiger partial charge in [0.1, 0.15) is 5.75 Å². The first-order valence-corrected chi connectivity index (χ1v) is 6.92. The molecule has 1 aliphatic heterocycles. The molecule has 1 fully saturated rings. The molecule has 0 saturated heterocycles. The van der Waals surface area contributed by atoms with Crippen LogP contribution >= 0.6 is 0 Å². The molecule has 0 atom stereocenters. The number of hydrogen-bond donors (Lipinski definition) is 2. The summed E-state index contributed by atoms with van der Waals surface area (Å²) in [6.45, 7) is 3.10. The van der Waals surface area contributed by atoms with Crippen molar-refractivity contribution in [1.29, 1.82) is 0 Å². The van der Waals surface area contributed by atoms with Crippen molar-refractivity contribution in [2.75, 3.05) is 6.54 Å². The molecule has 0 unspecified atom stereocenters. The van der Waals surface area contributed by atoms with Gasteiger partial charge in [-0.05, 0) is 54.9 Å². The van der Waals surface area contributed by atoms with Gasteiger partial charge >= 0.3 is 0 Å². The zero-order valence-electron chi connectivity index (χ0n) is 10.7. The summed E-state index contributed by atoms with van der Waals surface area (Å²) in [4.78, 5) is 2.46. The van der Waals surface area contributed by atoms with Gasteiger partial charge in [-0.3, -0.25) is 4.90 Å². The number of aliphatic hydroxyl groups excluding tert-OH is 1. The van der Waals surface area contributed by atoms with Crippen molar-refractivity contribution in [2.45, 2.75) is 44.9 Å². The summed E-state index contributed by atoms with van der Waals surface area (Å²) in [6, 6.07) is 5.70. The zero-order valence-corrected chi connectivity index (χ0v) is 10.7. The van der Waals surface area contributed by atoms with Gasteiger partial charge in [0.25, 0.3) is 0 Å². The minimum absolute atomic E-state index is 0.0611. The topological polar surface area (TPSA) is 43.7 Å². The van der Waals surface area contributed by atoms with E-state index in [2.05, 4.69) is 4.90 Å². The average Bonchev–Trinajstić information content (AvgIpc) is 2.73. The lowest BCUT2D eigenvalue weighted by molar-refractivity contribution is 0.0933. The Labute approximate surface area is 108 Å². The van der Waals surface area contributed by atoms with E-state index in [0.29, 0.717) is 5.75 Å². The maximum atomic E-state index is 9.52. The molecule has 3 heteroatoms. The SMILES string of the molecule is Oc1ccc2c(c1)CN(CC1CCC(O)CC1)C2. The highest BCUT2D eigenvalue weighted by molar-refractivity contribution is 5.37. The monoisotopic (exact) mass is 247 g/mol. The Morgan fingerprint density at radius 2 is 1.78 bits per heavy atom. The van der Waals surface area contributed by atoms with Gasteiger partial charge in [-0.1, -0.05) is 6.07 Å². The van der Waals surface area contributed by atoms with Crippen molar-refractivity contribution in [3.63, 3.8) is 0 Å². The number of nitrogens with zero attached hydrogens (tertiary/aromatic N) is 1. The number of hydrogen-bond acceptors (Lipinski definition) is 3. The van der Waals surface area contributed by atoms with E-state index in [1.54, 1.807) is 6.07 Å². The predicted molar refractivity (Wildman–Crippen MR) is 70.2 cm³/mol. The smallest absolute Gasteiger partial charge is 0.115 e. The molecule has 0 aromatic heterocycles. The van der Waals surface area contributed by atoms with E-state index in [0.717, 1.165) is 51.2 Å². The minimum Gasteiger partial charge on any atom is -0.508 e. The maximum absolute atomic E-state index is 9.52. The van der Waals surface area contributed by atoms with Crippen LogP contribution in [0.4, 0.5) is 0 Å². The first-order chi connectivity index (χ1) is 8.70. The van der Waals surface area contributed by atoms with Crippen LogP contribution in [-0.2, 0) is 13.1 Å². The lowest BCUT2D eigenvalue weighted by Gasteiger charge is -2.28. The molecule has 0 bridgehead atoms. The summed E-state index contributed by atoms with van der Waals surface area (Å²) in [5.41, 5.74) is 2.62. The number of rotatable bonds is 2. The average molecular weight is 247 g/mol. The molecule has 0 radical (unpaired) electrons. The molecular weight excluding hydrogens is 226 g/mol. The van der Waals surface area contributed by atoms with Crippen LogP contribution in [0, 0.1) is 5.92 Å². The molecule has 3 rings (SSSR count). The first-order valence-electron chi connectivity index (χ1n) is 6.92. The summed E-state index contributed by atoms with van der Waals surface area (Å²) >= 11 is 0. The van der Waals surface area contributed by atoms with Gasteiger partial charge in [0, 0.05) is 19.6 Å². The number of benzene rings is 1. The van der Waals surface area contributed by atoms with Crippen LogP contribution in [0.1, 0.15) is 36.8 Å². The molecule has 1 heterocycles. The molecule has 0 amide bonds. The third-order valence-electron chi connectivity index (χ3n) is 4.31. The van der Waals surface area contributed by atoms with Crippen molar-refractivity contribution >= 4 is 0 Å². The Morgan fingerprint density at radius 3 is 2.56 bits per heavy atom. The second kappa shape index (κ2) is 4.90. The zero-order chi connectivity index (χ0) is 12.5. The van der Waals surface area contributed by atoms with Crippen molar-refractivity contribution in [3.8, 4) is 5.75 Å². The van der Waals surface area contributed by atoms with Crippen LogP contribution in [0.3, 0.4) is 0 Å². The van der Waals surface area contributed by atoms with Crippen LogP contribution in [-0.4, -0.2) is 27.8 Å². The van der Waals surface area contributed by atoms with E-state index >= 15 is 0 Å². The fraction of sp³-hybridized carbons (Fsp3) is 0.600. The summed E-state index contributed by atoms with van der Waals surface area (Å²) in [5.74, 6) is 1.10. The van der Waals surface area contributed by atoms with Crippen LogP contribution < -0.4 is 0 Å². The van der Waals surface area contributed by atoms with Crippen molar-refractivity contribution in [3.05, 3.63) is 29.3 Å². The lowest BCUT2D eigenvalue weighted by Crippen LogP contribution is -2.29. The van der Waals surface area contributed by atoms with E-state index in [4.69, 9.17) is 0 Å². The number of phenolic OH excluding ortho intramolecular Hbond substituents is 1. The largest absolute Gasteiger partial charge is 0.508 e. The Kier molecular flexibility index (Phi) is 3.27. The summed E-state index contributed by atoms with van der Waals surface area (Å²) in [5, 5.41) is 19.0. The minimum atomic E-state index is -0.0611. The van der Waals surface area contributed by atoms with Crippen molar-refractivity contribution < 1.29 is 10.2 Å². The van der Waals surface area contributed by atoms with Gasteiger partial charge < -0.3 is 10.2 Å². The van der Waals surface area contributed by atoms with Crippen LogP contribution in [0.25, 0.3) is 0 Å². The van der Waals surface area contributed by atoms with Crippen molar-refractivity contribution in [2.24, 2.45) is 5.92 Å². The number of phenols is 1. The number of aromatic hydroxyl groups is 1. The Bertz CT molecular complexity index is 425. The predicted octanol–water partition coefficient (Wildman–Crippen LogP) is 2.26. The first kappa shape index (κ1) is 12.0. The van der Waals surface area contributed by atoms with Crippen LogP contribution in [0.5, 0.6) is 5.75 Å². The molecule has 1 saturated carbocycles. The van der Waals surface area contributed by atoms with Crippen LogP contribution in [0.2, 0.25) is 0 Å². The standard InChI is InChI=1S/C15H21NO2/c17-14-4-1-11(2-5-14)8-16-9-12-3-6-15(18)7-13(12)10-16/h3,6-7,11,14,17-18H,1-2,4-5,8-10H2. The molecule has 98 valence electrons. The maximum Gasteiger partial charge on any atom is 0.115 e. The fourth-order valence-corrected chi connectivity index (χ4v) is 3.27. The number of aliphatic hydroxyl groups is 1. The van der Waals surface area contributed by atoms with E-state index in [1.807, 2.05) is 12.1 Å². The highest BCUT2D eigenvalue weighted by Gasteiger charge is 2.25. The summed E-state index contributed by atoms with van der Waals surface area (Å²) in [7, 11) is 0. The van der Waals surface area contributed by atoms with Gasteiger partial charge in [0.05, 0.1) is 6.10 Å². The third-order valence-corrected chi connectivity index (χ3v) is 4.31. The molecule has 1 aromatic carbocycles. The van der Waals surface area contributed by atoms with E-state index in [1.165, 1.54) is 11.1 Å². The quantitative estimate of drug-likeness (QED) is 0.842. The molecule has 18 heavy (non-hydrogen) atoms. The summed E-state index contributed by atoms with van der Waals surface area (Å²) < 4.78 is 0. The van der Waals surface area contributed by atoms with Gasteiger partial charge in [-0.15, -0.1) is 0 Å². The van der Waals surface area contributed by atoms with Crippen molar-refractivity contribution in [1.82, 2.24) is 4.90 Å². The Hall–Kier alpha value is -1.06. The summed E-state index contributed by atoms with van der Waals surface area (Å²) in [6.07, 6.45) is 4.17. The van der Waals surface area contributed by atoms with Gasteiger partial charge in [-0.25, -0.2) is 0 Å².